The van der Waals surface area contributed by atoms with Gasteiger partial charge in [0.1, 0.15) is 11.5 Å². The minimum Gasteiger partial charge on any atom is -0.383 e. The number of nitrogens with zero attached hydrogens (tertiary/aromatic N) is 5. The molecular weight excluding hydrogens is 360 g/mol. The van der Waals surface area contributed by atoms with Crippen molar-refractivity contribution in [2.75, 3.05) is 26.8 Å². The molecule has 0 aliphatic carbocycles. The second-order valence-corrected chi connectivity index (χ2v) is 6.69. The highest BCUT2D eigenvalue weighted by atomic mass is 16.5. The van der Waals surface area contributed by atoms with Crippen LogP contribution in [0.3, 0.4) is 0 Å². The van der Waals surface area contributed by atoms with E-state index in [1.807, 2.05) is 35.9 Å². The Morgan fingerprint density at radius 1 is 1.25 bits per heavy atom. The molecule has 3 aromatic rings. The van der Waals surface area contributed by atoms with Crippen LogP contribution >= 0.6 is 0 Å². The van der Waals surface area contributed by atoms with Gasteiger partial charge in [0, 0.05) is 40.0 Å². The highest BCUT2D eigenvalue weighted by molar-refractivity contribution is 5.96. The lowest BCUT2D eigenvalue weighted by atomic mass is 10.3. The number of hydrogen-bond donors (Lipinski definition) is 1. The van der Waals surface area contributed by atoms with Crippen LogP contribution in [0.1, 0.15) is 26.9 Å². The molecule has 1 N–H and O–H groups in total. The molecule has 0 bridgehead atoms. The number of methoxy groups -OCH3 is 1. The zero-order chi connectivity index (χ0) is 19.7. The van der Waals surface area contributed by atoms with Crippen LogP contribution in [0.2, 0.25) is 0 Å². The molecule has 1 aliphatic rings. The highest BCUT2D eigenvalue weighted by Gasteiger charge is 2.28. The second-order valence-electron chi connectivity index (χ2n) is 6.69. The molecule has 1 aromatic carbocycles. The largest absolute Gasteiger partial charge is 0.383 e. The Balaban J connectivity index is 1.46. The fourth-order valence-electron chi connectivity index (χ4n) is 3.36. The zero-order valence-corrected chi connectivity index (χ0v) is 15.9. The molecule has 2 aromatic heterocycles. The molecule has 0 unspecified atom stereocenters. The van der Waals surface area contributed by atoms with E-state index >= 15 is 0 Å². The molecular formula is C19H22N6O3. The molecule has 0 spiro atoms. The maximum Gasteiger partial charge on any atom is 0.290 e. The van der Waals surface area contributed by atoms with Gasteiger partial charge in [-0.15, -0.1) is 0 Å². The number of aromatic nitrogens is 4. The van der Waals surface area contributed by atoms with E-state index < -0.39 is 0 Å². The summed E-state index contributed by atoms with van der Waals surface area (Å²) in [6.45, 7) is 2.44. The van der Waals surface area contributed by atoms with E-state index in [0.717, 1.165) is 16.9 Å². The molecule has 0 atom stereocenters. The lowest BCUT2D eigenvalue weighted by Gasteiger charge is -2.26. The number of aryl methyl sites for hydroxylation is 1. The summed E-state index contributed by atoms with van der Waals surface area (Å²) in [6.07, 6.45) is 1.63. The maximum absolute atomic E-state index is 12.6. The SMILES string of the molecule is COCCN1CCn2cc(C(=O)NCc3nc4ccccc4n3C)nc2C1=O. The molecule has 28 heavy (non-hydrogen) atoms. The number of para-hydroxylation sites is 2. The summed E-state index contributed by atoms with van der Waals surface area (Å²) in [5, 5.41) is 2.84. The van der Waals surface area contributed by atoms with Crippen molar-refractivity contribution in [3.63, 3.8) is 0 Å². The van der Waals surface area contributed by atoms with Crippen molar-refractivity contribution in [2.24, 2.45) is 7.05 Å². The Hall–Kier alpha value is -3.20. The van der Waals surface area contributed by atoms with Gasteiger partial charge >= 0.3 is 0 Å². The molecule has 146 valence electrons. The van der Waals surface area contributed by atoms with Crippen LogP contribution in [-0.2, 0) is 24.9 Å². The predicted octanol–water partition coefficient (Wildman–Crippen LogP) is 0.802. The van der Waals surface area contributed by atoms with E-state index in [9.17, 15) is 9.59 Å². The van der Waals surface area contributed by atoms with Gasteiger partial charge in [-0.2, -0.15) is 0 Å². The van der Waals surface area contributed by atoms with Gasteiger partial charge in [0.05, 0.1) is 24.2 Å². The van der Waals surface area contributed by atoms with Crippen molar-refractivity contribution < 1.29 is 14.3 Å². The van der Waals surface area contributed by atoms with Crippen molar-refractivity contribution in [1.82, 2.24) is 29.3 Å². The first kappa shape index (κ1) is 18.2. The van der Waals surface area contributed by atoms with Crippen LogP contribution in [0.25, 0.3) is 11.0 Å². The van der Waals surface area contributed by atoms with Gasteiger partial charge in [-0.05, 0) is 12.1 Å². The standard InChI is InChI=1S/C19H22N6O3/c1-23-15-6-4-3-5-13(15)21-16(23)11-20-18(26)14-12-25-8-7-24(9-10-28-2)19(27)17(25)22-14/h3-6,12H,7-11H2,1-2H3,(H,20,26). The van der Waals surface area contributed by atoms with E-state index in [2.05, 4.69) is 15.3 Å². The molecule has 0 saturated carbocycles. The highest BCUT2D eigenvalue weighted by Crippen LogP contribution is 2.15. The number of nitrogens with one attached hydrogen (secondary N) is 1. The van der Waals surface area contributed by atoms with Crippen molar-refractivity contribution in [3.8, 4) is 0 Å². The van der Waals surface area contributed by atoms with Crippen LogP contribution in [0, 0.1) is 0 Å². The van der Waals surface area contributed by atoms with Crippen molar-refractivity contribution >= 4 is 22.8 Å². The van der Waals surface area contributed by atoms with E-state index in [1.54, 1.807) is 22.8 Å². The molecule has 2 amide bonds. The van der Waals surface area contributed by atoms with Crippen molar-refractivity contribution in [2.45, 2.75) is 13.1 Å². The van der Waals surface area contributed by atoms with E-state index in [1.165, 1.54) is 0 Å². The van der Waals surface area contributed by atoms with Gasteiger partial charge < -0.3 is 24.1 Å². The molecule has 1 aliphatic heterocycles. The third-order valence-corrected chi connectivity index (χ3v) is 4.95. The normalized spacial score (nSPS) is 13.8. The quantitative estimate of drug-likeness (QED) is 0.681. The van der Waals surface area contributed by atoms with Crippen LogP contribution in [0.5, 0.6) is 0 Å². The van der Waals surface area contributed by atoms with Crippen LogP contribution in [-0.4, -0.2) is 62.6 Å². The zero-order valence-electron chi connectivity index (χ0n) is 15.9. The minimum atomic E-state index is -0.329. The third kappa shape index (κ3) is 3.24. The Labute approximate surface area is 161 Å². The first-order valence-electron chi connectivity index (χ1n) is 9.12. The number of carbonyl (C=O) groups excluding carboxylic acids is 2. The summed E-state index contributed by atoms with van der Waals surface area (Å²) >= 11 is 0. The molecule has 0 radical (unpaired) electrons. The first-order valence-corrected chi connectivity index (χ1v) is 9.12. The Morgan fingerprint density at radius 2 is 2.07 bits per heavy atom. The second kappa shape index (κ2) is 7.43. The van der Waals surface area contributed by atoms with Gasteiger partial charge in [0.2, 0.25) is 0 Å². The summed E-state index contributed by atoms with van der Waals surface area (Å²) in [4.78, 5) is 35.6. The monoisotopic (exact) mass is 382 g/mol. The molecule has 4 rings (SSSR count). The molecule has 0 saturated heterocycles. The molecule has 9 nitrogen and oxygen atoms in total. The predicted molar refractivity (Wildman–Crippen MR) is 102 cm³/mol. The maximum atomic E-state index is 12.6. The summed E-state index contributed by atoms with van der Waals surface area (Å²) in [5.74, 6) is 0.526. The minimum absolute atomic E-state index is 0.183. The number of carbonyl (C=O) groups is 2. The number of benzene rings is 1. The van der Waals surface area contributed by atoms with E-state index in [0.29, 0.717) is 26.2 Å². The topological polar surface area (TPSA) is 94.3 Å². The number of fused-ring (bicyclic) bond motifs is 2. The first-order chi connectivity index (χ1) is 13.6. The van der Waals surface area contributed by atoms with Crippen LogP contribution < -0.4 is 5.32 Å². The third-order valence-electron chi connectivity index (χ3n) is 4.95. The Morgan fingerprint density at radius 3 is 2.86 bits per heavy atom. The van der Waals surface area contributed by atoms with Gasteiger partial charge in [-0.3, -0.25) is 9.59 Å². The lowest BCUT2D eigenvalue weighted by molar-refractivity contribution is 0.0633. The van der Waals surface area contributed by atoms with Gasteiger partial charge in [-0.1, -0.05) is 12.1 Å². The van der Waals surface area contributed by atoms with Crippen LogP contribution in [0.4, 0.5) is 0 Å². The summed E-state index contributed by atoms with van der Waals surface area (Å²) in [5.41, 5.74) is 2.12. The Kier molecular flexibility index (Phi) is 4.82. The average molecular weight is 382 g/mol. The molecule has 9 heteroatoms. The number of rotatable bonds is 6. The fourth-order valence-corrected chi connectivity index (χ4v) is 3.36. The van der Waals surface area contributed by atoms with Gasteiger partial charge in [-0.25, -0.2) is 9.97 Å². The van der Waals surface area contributed by atoms with Crippen molar-refractivity contribution in [3.05, 3.63) is 47.8 Å². The molecule has 0 fully saturated rings. The van der Waals surface area contributed by atoms with Crippen molar-refractivity contribution in [1.29, 1.82) is 0 Å². The smallest absolute Gasteiger partial charge is 0.290 e. The van der Waals surface area contributed by atoms with E-state index in [4.69, 9.17) is 4.74 Å². The van der Waals surface area contributed by atoms with Gasteiger partial charge in [0.25, 0.3) is 11.8 Å². The summed E-state index contributed by atoms with van der Waals surface area (Å²) in [6, 6.07) is 7.80. The Bertz CT molecular complexity index is 1040. The summed E-state index contributed by atoms with van der Waals surface area (Å²) in [7, 11) is 3.52. The van der Waals surface area contributed by atoms with Crippen LogP contribution in [0.15, 0.2) is 30.5 Å². The average Bonchev–Trinajstić information content (AvgIpc) is 3.28. The lowest BCUT2D eigenvalue weighted by Crippen LogP contribution is -2.42. The number of amides is 2. The van der Waals surface area contributed by atoms with E-state index in [-0.39, 0.29) is 29.9 Å². The number of imidazole rings is 2. The number of hydrogen-bond acceptors (Lipinski definition) is 5. The summed E-state index contributed by atoms with van der Waals surface area (Å²) < 4.78 is 8.72. The van der Waals surface area contributed by atoms with Gasteiger partial charge in [0.15, 0.2) is 5.82 Å². The fraction of sp³-hybridized carbons (Fsp3) is 0.368. The number of ether oxygens (including phenoxy) is 1. The molecule has 3 heterocycles.